The van der Waals surface area contributed by atoms with Crippen LogP contribution in [-0.2, 0) is 6.42 Å². The maximum atomic E-state index is 13.5. The minimum atomic E-state index is -0.956. The van der Waals surface area contributed by atoms with Crippen LogP contribution in [0.15, 0.2) is 42.5 Å². The Morgan fingerprint density at radius 3 is 2.32 bits per heavy atom. The van der Waals surface area contributed by atoms with Gasteiger partial charge in [-0.1, -0.05) is 18.2 Å². The van der Waals surface area contributed by atoms with E-state index in [-0.39, 0.29) is 11.3 Å². The van der Waals surface area contributed by atoms with Crippen molar-refractivity contribution in [1.29, 1.82) is 0 Å². The first-order chi connectivity index (χ1) is 9.10. The van der Waals surface area contributed by atoms with Crippen molar-refractivity contribution in [1.82, 2.24) is 0 Å². The van der Waals surface area contributed by atoms with E-state index in [9.17, 15) is 9.18 Å². The summed E-state index contributed by atoms with van der Waals surface area (Å²) in [6.45, 7) is 0. The smallest absolute Gasteiger partial charge is 0.335 e. The highest BCUT2D eigenvalue weighted by Gasteiger charge is 2.05. The van der Waals surface area contributed by atoms with Crippen molar-refractivity contribution in [2.24, 2.45) is 0 Å². The molecule has 0 fully saturated rings. The molecule has 0 aliphatic rings. The number of rotatable bonds is 4. The largest absolute Gasteiger partial charge is 0.494 e. The Kier molecular flexibility index (Phi) is 3.80. The minimum absolute atomic E-state index is 0.213. The van der Waals surface area contributed by atoms with Crippen LogP contribution in [0.4, 0.5) is 4.39 Å². The predicted molar refractivity (Wildman–Crippen MR) is 69.2 cm³/mol. The second-order valence-electron chi connectivity index (χ2n) is 4.15. The van der Waals surface area contributed by atoms with Crippen molar-refractivity contribution in [3.63, 3.8) is 0 Å². The quantitative estimate of drug-likeness (QED) is 0.918. The molecular formula is C15H13FO3. The van der Waals surface area contributed by atoms with E-state index < -0.39 is 11.8 Å². The van der Waals surface area contributed by atoms with Crippen LogP contribution >= 0.6 is 0 Å². The van der Waals surface area contributed by atoms with E-state index in [4.69, 9.17) is 9.84 Å². The second kappa shape index (κ2) is 5.52. The normalized spacial score (nSPS) is 10.2. The minimum Gasteiger partial charge on any atom is -0.494 e. The monoisotopic (exact) mass is 260 g/mol. The molecule has 1 N–H and O–H groups in total. The number of methoxy groups -OCH3 is 1. The summed E-state index contributed by atoms with van der Waals surface area (Å²) in [6.07, 6.45) is 0.542. The number of hydrogen-bond acceptors (Lipinski definition) is 2. The molecule has 0 saturated carbocycles. The Labute approximate surface area is 110 Å². The molecule has 98 valence electrons. The van der Waals surface area contributed by atoms with Crippen LogP contribution in [0.5, 0.6) is 5.75 Å². The standard InChI is InChI=1S/C15H13FO3/c1-19-14-7-4-11(9-13(14)16)8-10-2-5-12(6-3-10)15(17)18/h2-7,9H,8H2,1H3,(H,17,18). The summed E-state index contributed by atoms with van der Waals surface area (Å²) < 4.78 is 18.4. The molecule has 2 aromatic carbocycles. The molecule has 0 aliphatic heterocycles. The van der Waals surface area contributed by atoms with E-state index in [2.05, 4.69) is 0 Å². The van der Waals surface area contributed by atoms with Gasteiger partial charge in [-0.25, -0.2) is 9.18 Å². The third-order valence-corrected chi connectivity index (χ3v) is 2.83. The summed E-state index contributed by atoms with van der Waals surface area (Å²) in [6, 6.07) is 11.3. The molecule has 0 spiro atoms. The van der Waals surface area contributed by atoms with E-state index in [0.717, 1.165) is 11.1 Å². The topological polar surface area (TPSA) is 46.5 Å². The SMILES string of the molecule is COc1ccc(Cc2ccc(C(=O)O)cc2)cc1F. The highest BCUT2D eigenvalue weighted by molar-refractivity contribution is 5.87. The van der Waals surface area contributed by atoms with Crippen LogP contribution in [0.25, 0.3) is 0 Å². The van der Waals surface area contributed by atoms with Crippen LogP contribution < -0.4 is 4.74 Å². The van der Waals surface area contributed by atoms with E-state index in [1.165, 1.54) is 25.3 Å². The Bertz CT molecular complexity index is 591. The molecule has 0 amide bonds. The number of carboxylic acid groups (broad SMARTS) is 1. The fourth-order valence-electron chi connectivity index (χ4n) is 1.82. The van der Waals surface area contributed by atoms with Crippen molar-refractivity contribution in [3.8, 4) is 5.75 Å². The van der Waals surface area contributed by atoms with E-state index in [1.54, 1.807) is 24.3 Å². The average Bonchev–Trinajstić information content (AvgIpc) is 2.39. The molecule has 19 heavy (non-hydrogen) atoms. The van der Waals surface area contributed by atoms with Gasteiger partial charge in [-0.3, -0.25) is 0 Å². The van der Waals surface area contributed by atoms with Gasteiger partial charge in [0.25, 0.3) is 0 Å². The lowest BCUT2D eigenvalue weighted by molar-refractivity contribution is 0.0697. The molecule has 0 unspecified atom stereocenters. The van der Waals surface area contributed by atoms with Gasteiger partial charge in [0.1, 0.15) is 0 Å². The van der Waals surface area contributed by atoms with Crippen LogP contribution in [0, 0.1) is 5.82 Å². The molecule has 0 radical (unpaired) electrons. The van der Waals surface area contributed by atoms with E-state index in [1.807, 2.05) is 0 Å². The third kappa shape index (κ3) is 3.10. The van der Waals surface area contributed by atoms with Gasteiger partial charge in [0, 0.05) is 0 Å². The van der Waals surface area contributed by atoms with Gasteiger partial charge < -0.3 is 9.84 Å². The fourth-order valence-corrected chi connectivity index (χ4v) is 1.82. The van der Waals surface area contributed by atoms with E-state index >= 15 is 0 Å². The number of benzene rings is 2. The molecule has 0 aliphatic carbocycles. The number of halogens is 1. The number of carbonyl (C=O) groups is 1. The van der Waals surface area contributed by atoms with Crippen LogP contribution in [0.1, 0.15) is 21.5 Å². The molecule has 2 aromatic rings. The molecule has 0 aromatic heterocycles. The lowest BCUT2D eigenvalue weighted by Crippen LogP contribution is -1.97. The number of carboxylic acids is 1. The Morgan fingerprint density at radius 2 is 1.79 bits per heavy atom. The summed E-state index contributed by atoms with van der Waals surface area (Å²) in [5, 5.41) is 8.80. The third-order valence-electron chi connectivity index (χ3n) is 2.83. The highest BCUT2D eigenvalue weighted by atomic mass is 19.1. The van der Waals surface area contributed by atoms with Crippen molar-refractivity contribution >= 4 is 5.97 Å². The van der Waals surface area contributed by atoms with Crippen molar-refractivity contribution in [2.75, 3.05) is 7.11 Å². The van der Waals surface area contributed by atoms with Gasteiger partial charge in [0.05, 0.1) is 12.7 Å². The Balaban J connectivity index is 2.16. The van der Waals surface area contributed by atoms with Gasteiger partial charge in [0.2, 0.25) is 0 Å². The molecule has 0 bridgehead atoms. The predicted octanol–water partition coefficient (Wildman–Crippen LogP) is 3.12. The lowest BCUT2D eigenvalue weighted by atomic mass is 10.0. The Hall–Kier alpha value is -2.36. The van der Waals surface area contributed by atoms with Gasteiger partial charge in [-0.15, -0.1) is 0 Å². The zero-order valence-electron chi connectivity index (χ0n) is 10.4. The molecular weight excluding hydrogens is 247 g/mol. The lowest BCUT2D eigenvalue weighted by Gasteiger charge is -2.06. The molecule has 0 saturated heterocycles. The summed E-state index contributed by atoms with van der Waals surface area (Å²) in [5.74, 6) is -1.14. The van der Waals surface area contributed by atoms with Crippen molar-refractivity contribution in [3.05, 3.63) is 65.0 Å². The summed E-state index contributed by atoms with van der Waals surface area (Å²) in [5.41, 5.74) is 1.97. The number of aromatic carboxylic acids is 1. The second-order valence-corrected chi connectivity index (χ2v) is 4.15. The summed E-state index contributed by atoms with van der Waals surface area (Å²) in [4.78, 5) is 10.7. The van der Waals surface area contributed by atoms with Gasteiger partial charge in [-0.05, 0) is 41.8 Å². The first-order valence-corrected chi connectivity index (χ1v) is 5.75. The van der Waals surface area contributed by atoms with Gasteiger partial charge in [-0.2, -0.15) is 0 Å². The van der Waals surface area contributed by atoms with Crippen LogP contribution in [0.3, 0.4) is 0 Å². The van der Waals surface area contributed by atoms with Crippen molar-refractivity contribution < 1.29 is 19.0 Å². The summed E-state index contributed by atoms with van der Waals surface area (Å²) in [7, 11) is 1.42. The van der Waals surface area contributed by atoms with Crippen LogP contribution in [0.2, 0.25) is 0 Å². The van der Waals surface area contributed by atoms with Crippen LogP contribution in [-0.4, -0.2) is 18.2 Å². The molecule has 0 atom stereocenters. The Morgan fingerprint density at radius 1 is 1.16 bits per heavy atom. The zero-order valence-corrected chi connectivity index (χ0v) is 10.4. The zero-order chi connectivity index (χ0) is 13.8. The molecule has 2 rings (SSSR count). The molecule has 0 heterocycles. The molecule has 4 heteroatoms. The van der Waals surface area contributed by atoms with E-state index in [0.29, 0.717) is 6.42 Å². The fraction of sp³-hybridized carbons (Fsp3) is 0.133. The number of ether oxygens (including phenoxy) is 1. The maximum Gasteiger partial charge on any atom is 0.335 e. The van der Waals surface area contributed by atoms with Gasteiger partial charge in [0.15, 0.2) is 11.6 Å². The van der Waals surface area contributed by atoms with Gasteiger partial charge >= 0.3 is 5.97 Å². The first kappa shape index (κ1) is 13.1. The van der Waals surface area contributed by atoms with Crippen molar-refractivity contribution in [2.45, 2.75) is 6.42 Å². The highest BCUT2D eigenvalue weighted by Crippen LogP contribution is 2.19. The average molecular weight is 260 g/mol. The first-order valence-electron chi connectivity index (χ1n) is 5.75. The maximum absolute atomic E-state index is 13.5. The molecule has 3 nitrogen and oxygen atoms in total. The summed E-state index contributed by atoms with van der Waals surface area (Å²) >= 11 is 0. The number of hydrogen-bond donors (Lipinski definition) is 1.